The van der Waals surface area contributed by atoms with Crippen LogP contribution in [-0.4, -0.2) is 23.0 Å². The first kappa shape index (κ1) is 15.8. The number of rotatable bonds is 4. The Hall–Kier alpha value is -2.60. The number of hydrogen-bond acceptors (Lipinski definition) is 4. The molecule has 0 unspecified atom stereocenters. The molecule has 0 radical (unpaired) electrons. The van der Waals surface area contributed by atoms with Crippen molar-refractivity contribution in [3.05, 3.63) is 59.2 Å². The number of aromatic hydroxyl groups is 1. The van der Waals surface area contributed by atoms with Gasteiger partial charge in [0.05, 0.1) is 7.11 Å². The first-order valence-electron chi connectivity index (χ1n) is 6.59. The topological polar surface area (TPSA) is 79.9 Å². The van der Waals surface area contributed by atoms with Crippen molar-refractivity contribution in [3.8, 4) is 11.5 Å². The van der Waals surface area contributed by atoms with Crippen LogP contribution in [-0.2, 0) is 0 Å². The van der Waals surface area contributed by atoms with Gasteiger partial charge in [0.25, 0.3) is 0 Å². The molecule has 0 saturated heterocycles. The molecule has 6 heteroatoms. The Labute approximate surface area is 134 Å². The second-order valence-electron chi connectivity index (χ2n) is 4.69. The van der Waals surface area contributed by atoms with E-state index < -0.39 is 0 Å². The monoisotopic (exact) mass is 315 g/mol. The third kappa shape index (κ3) is 3.73. The highest BCUT2D eigenvalue weighted by Crippen LogP contribution is 2.26. The summed E-state index contributed by atoms with van der Waals surface area (Å²) in [5, 5.41) is 14.5. The SMILES string of the molecule is COc1ccc(C(=NNC(N)=S)c2ccc(C)cc2)c(O)c1. The average Bonchev–Trinajstić information content (AvgIpc) is 2.50. The van der Waals surface area contributed by atoms with E-state index in [0.717, 1.165) is 11.1 Å². The largest absolute Gasteiger partial charge is 0.507 e. The highest BCUT2D eigenvalue weighted by molar-refractivity contribution is 7.80. The van der Waals surface area contributed by atoms with Crippen LogP contribution >= 0.6 is 12.2 Å². The van der Waals surface area contributed by atoms with E-state index in [1.165, 1.54) is 13.2 Å². The summed E-state index contributed by atoms with van der Waals surface area (Å²) in [4.78, 5) is 0. The summed E-state index contributed by atoms with van der Waals surface area (Å²) in [7, 11) is 1.54. The smallest absolute Gasteiger partial charge is 0.184 e. The van der Waals surface area contributed by atoms with Gasteiger partial charge in [0.2, 0.25) is 0 Å². The van der Waals surface area contributed by atoms with Gasteiger partial charge in [0, 0.05) is 17.2 Å². The van der Waals surface area contributed by atoms with Crippen LogP contribution in [0.3, 0.4) is 0 Å². The van der Waals surface area contributed by atoms with Crippen molar-refractivity contribution in [1.82, 2.24) is 5.43 Å². The Kier molecular flexibility index (Phi) is 4.95. The van der Waals surface area contributed by atoms with E-state index in [4.69, 9.17) is 22.7 Å². The van der Waals surface area contributed by atoms with Crippen LogP contribution in [0.5, 0.6) is 11.5 Å². The summed E-state index contributed by atoms with van der Waals surface area (Å²) in [6.07, 6.45) is 0. The molecule has 2 aromatic rings. The van der Waals surface area contributed by atoms with Crippen molar-refractivity contribution >= 4 is 23.0 Å². The van der Waals surface area contributed by atoms with Gasteiger partial charge >= 0.3 is 0 Å². The molecule has 114 valence electrons. The van der Waals surface area contributed by atoms with Crippen molar-refractivity contribution in [2.75, 3.05) is 7.11 Å². The van der Waals surface area contributed by atoms with Gasteiger partial charge in [-0.15, -0.1) is 0 Å². The maximum Gasteiger partial charge on any atom is 0.184 e. The summed E-state index contributed by atoms with van der Waals surface area (Å²) in [6, 6.07) is 12.8. The molecule has 4 N–H and O–H groups in total. The maximum absolute atomic E-state index is 10.2. The minimum Gasteiger partial charge on any atom is -0.507 e. The number of nitrogens with zero attached hydrogens (tertiary/aromatic N) is 1. The molecule has 0 amide bonds. The van der Waals surface area contributed by atoms with Gasteiger partial charge in [-0.1, -0.05) is 29.8 Å². The fourth-order valence-electron chi connectivity index (χ4n) is 1.94. The molecule has 0 bridgehead atoms. The number of aryl methyl sites for hydroxylation is 1. The summed E-state index contributed by atoms with van der Waals surface area (Å²) in [5.74, 6) is 0.621. The van der Waals surface area contributed by atoms with Crippen LogP contribution in [0.25, 0.3) is 0 Å². The molecule has 0 aliphatic carbocycles. The third-order valence-electron chi connectivity index (χ3n) is 3.06. The summed E-state index contributed by atoms with van der Waals surface area (Å²) < 4.78 is 5.09. The van der Waals surface area contributed by atoms with Crippen molar-refractivity contribution < 1.29 is 9.84 Å². The van der Waals surface area contributed by atoms with Crippen LogP contribution < -0.4 is 15.9 Å². The van der Waals surface area contributed by atoms with E-state index in [-0.39, 0.29) is 10.9 Å². The van der Waals surface area contributed by atoms with E-state index in [1.54, 1.807) is 12.1 Å². The van der Waals surface area contributed by atoms with Crippen LogP contribution in [0.1, 0.15) is 16.7 Å². The lowest BCUT2D eigenvalue weighted by molar-refractivity contribution is 0.407. The summed E-state index contributed by atoms with van der Waals surface area (Å²) >= 11 is 4.78. The van der Waals surface area contributed by atoms with Gasteiger partial charge in [-0.05, 0) is 31.3 Å². The molecular weight excluding hydrogens is 298 g/mol. The van der Waals surface area contributed by atoms with Gasteiger partial charge in [-0.25, -0.2) is 0 Å². The fraction of sp³-hybridized carbons (Fsp3) is 0.125. The fourth-order valence-corrected chi connectivity index (χ4v) is 1.99. The van der Waals surface area contributed by atoms with E-state index in [1.807, 2.05) is 31.2 Å². The van der Waals surface area contributed by atoms with Gasteiger partial charge in [-0.2, -0.15) is 5.10 Å². The number of phenolic OH excluding ortho intramolecular Hbond substituents is 1. The maximum atomic E-state index is 10.2. The highest BCUT2D eigenvalue weighted by Gasteiger charge is 2.13. The summed E-state index contributed by atoms with van der Waals surface area (Å²) in [5.41, 5.74) is 11.0. The molecule has 22 heavy (non-hydrogen) atoms. The number of benzene rings is 2. The van der Waals surface area contributed by atoms with E-state index in [9.17, 15) is 5.11 Å². The Bertz CT molecular complexity index is 712. The molecule has 0 heterocycles. The first-order chi connectivity index (χ1) is 10.5. The summed E-state index contributed by atoms with van der Waals surface area (Å²) in [6.45, 7) is 2.00. The van der Waals surface area contributed by atoms with Crippen molar-refractivity contribution in [2.45, 2.75) is 6.92 Å². The lowest BCUT2D eigenvalue weighted by atomic mass is 10.0. The lowest BCUT2D eigenvalue weighted by Gasteiger charge is -2.11. The van der Waals surface area contributed by atoms with Gasteiger partial charge in [-0.3, -0.25) is 5.43 Å². The van der Waals surface area contributed by atoms with Crippen LogP contribution in [0.4, 0.5) is 0 Å². The molecule has 0 fully saturated rings. The van der Waals surface area contributed by atoms with Crippen LogP contribution in [0.15, 0.2) is 47.6 Å². The Balaban J connectivity index is 2.51. The molecule has 5 nitrogen and oxygen atoms in total. The average molecular weight is 315 g/mol. The van der Waals surface area contributed by atoms with E-state index in [2.05, 4.69) is 10.5 Å². The van der Waals surface area contributed by atoms with Crippen molar-refractivity contribution in [2.24, 2.45) is 10.8 Å². The number of thiocarbonyl (C=S) groups is 1. The van der Waals surface area contributed by atoms with Crippen LogP contribution in [0, 0.1) is 6.92 Å². The number of nitrogens with one attached hydrogen (secondary N) is 1. The Morgan fingerprint density at radius 2 is 1.91 bits per heavy atom. The number of phenols is 1. The molecule has 2 rings (SSSR count). The zero-order valence-electron chi connectivity index (χ0n) is 12.3. The van der Waals surface area contributed by atoms with Gasteiger partial charge < -0.3 is 15.6 Å². The second kappa shape index (κ2) is 6.91. The first-order valence-corrected chi connectivity index (χ1v) is 6.99. The number of ether oxygens (including phenoxy) is 1. The van der Waals surface area contributed by atoms with Gasteiger partial charge in [0.15, 0.2) is 5.11 Å². The predicted octanol–water partition coefficient (Wildman–Crippen LogP) is 2.29. The number of methoxy groups -OCH3 is 1. The standard InChI is InChI=1S/C16H17N3O2S/c1-10-3-5-11(6-4-10)15(18-19-16(17)22)13-8-7-12(21-2)9-14(13)20/h3-9,20H,1-2H3,(H3,17,19,22). The molecule has 0 aliphatic heterocycles. The van der Waals surface area contributed by atoms with E-state index in [0.29, 0.717) is 17.0 Å². The molecule has 0 aliphatic rings. The number of nitrogens with two attached hydrogens (primary N) is 1. The third-order valence-corrected chi connectivity index (χ3v) is 3.15. The molecule has 0 aromatic heterocycles. The van der Waals surface area contributed by atoms with Crippen LogP contribution in [0.2, 0.25) is 0 Å². The van der Waals surface area contributed by atoms with Gasteiger partial charge in [0.1, 0.15) is 17.2 Å². The highest BCUT2D eigenvalue weighted by atomic mass is 32.1. The second-order valence-corrected chi connectivity index (χ2v) is 5.13. The van der Waals surface area contributed by atoms with Crippen molar-refractivity contribution in [3.63, 3.8) is 0 Å². The Morgan fingerprint density at radius 1 is 1.23 bits per heavy atom. The zero-order chi connectivity index (χ0) is 16.1. The number of hydrazone groups is 1. The molecule has 0 spiro atoms. The lowest BCUT2D eigenvalue weighted by Crippen LogP contribution is -2.26. The van der Waals surface area contributed by atoms with Crippen molar-refractivity contribution in [1.29, 1.82) is 0 Å². The molecule has 0 saturated carbocycles. The quantitative estimate of drug-likeness (QED) is 0.458. The van der Waals surface area contributed by atoms with E-state index >= 15 is 0 Å². The molecule has 0 atom stereocenters. The zero-order valence-corrected chi connectivity index (χ0v) is 13.1. The predicted molar refractivity (Wildman–Crippen MR) is 91.4 cm³/mol. The Morgan fingerprint density at radius 3 is 2.45 bits per heavy atom. The molecular formula is C16H17N3O2S. The minimum absolute atomic E-state index is 0.0533. The number of hydrogen-bond donors (Lipinski definition) is 3. The minimum atomic E-state index is 0.0533. The molecule has 2 aromatic carbocycles. The normalized spacial score (nSPS) is 11.1.